The van der Waals surface area contributed by atoms with Crippen molar-refractivity contribution >= 4 is 28.6 Å². The number of carbonyl (C=O) groups excluding carboxylic acids is 1. The molecule has 0 saturated heterocycles. The average Bonchev–Trinajstić information content (AvgIpc) is 3.53. The van der Waals surface area contributed by atoms with E-state index in [-0.39, 0.29) is 5.91 Å². The van der Waals surface area contributed by atoms with Crippen LogP contribution in [0.25, 0.3) is 5.65 Å². The Balaban J connectivity index is 1.22. The third-order valence-corrected chi connectivity index (χ3v) is 5.23. The lowest BCUT2D eigenvalue weighted by Crippen LogP contribution is -2.11. The topological polar surface area (TPSA) is 86.3 Å². The van der Waals surface area contributed by atoms with Crippen molar-refractivity contribution in [1.82, 2.24) is 24.1 Å². The zero-order valence-corrected chi connectivity index (χ0v) is 17.2. The Hall–Kier alpha value is -3.98. The molecule has 1 N–H and O–H groups in total. The fourth-order valence-electron chi connectivity index (χ4n) is 3.14. The first-order chi connectivity index (χ1) is 15.2. The molecule has 0 spiro atoms. The monoisotopic (exact) mass is 430 g/mol. The summed E-state index contributed by atoms with van der Waals surface area (Å²) in [5.74, 6) is 0.384. The number of nitrogens with one attached hydrogen (secondary N) is 1. The van der Waals surface area contributed by atoms with Crippen LogP contribution < -0.4 is 10.1 Å². The van der Waals surface area contributed by atoms with Crippen LogP contribution in [0.3, 0.4) is 0 Å². The van der Waals surface area contributed by atoms with Gasteiger partial charge in [-0.1, -0.05) is 12.1 Å². The molecule has 0 aliphatic heterocycles. The summed E-state index contributed by atoms with van der Waals surface area (Å²) in [6.45, 7) is 0.877. The van der Waals surface area contributed by atoms with Gasteiger partial charge in [0.2, 0.25) is 0 Å². The predicted molar refractivity (Wildman–Crippen MR) is 117 cm³/mol. The Kier molecular flexibility index (Phi) is 5.16. The molecule has 4 aromatic heterocycles. The number of aromatic nitrogens is 5. The number of benzene rings is 1. The van der Waals surface area contributed by atoms with E-state index >= 15 is 0 Å². The maximum atomic E-state index is 12.7. The molecule has 5 rings (SSSR count). The van der Waals surface area contributed by atoms with Gasteiger partial charge in [-0.15, -0.1) is 11.3 Å². The van der Waals surface area contributed by atoms with Crippen molar-refractivity contribution in [1.29, 1.82) is 0 Å². The average molecular weight is 430 g/mol. The molecule has 0 atom stereocenters. The van der Waals surface area contributed by atoms with Crippen LogP contribution in [0.4, 0.5) is 5.69 Å². The van der Waals surface area contributed by atoms with E-state index in [9.17, 15) is 4.79 Å². The van der Waals surface area contributed by atoms with Gasteiger partial charge in [-0.05, 0) is 30.3 Å². The smallest absolute Gasteiger partial charge is 0.255 e. The number of hydrogen-bond acceptors (Lipinski definition) is 6. The van der Waals surface area contributed by atoms with E-state index in [0.717, 1.165) is 17.0 Å². The Morgan fingerprint density at radius 1 is 1.13 bits per heavy atom. The normalized spacial score (nSPS) is 11.0. The van der Waals surface area contributed by atoms with Crippen molar-refractivity contribution in [2.45, 2.75) is 13.2 Å². The zero-order valence-electron chi connectivity index (χ0n) is 16.4. The summed E-state index contributed by atoms with van der Waals surface area (Å²) in [7, 11) is 0. The van der Waals surface area contributed by atoms with E-state index in [1.165, 1.54) is 11.3 Å². The van der Waals surface area contributed by atoms with Crippen molar-refractivity contribution in [2.24, 2.45) is 0 Å². The molecule has 0 bridgehead atoms. The highest BCUT2D eigenvalue weighted by Gasteiger charge is 2.10. The maximum absolute atomic E-state index is 12.7. The van der Waals surface area contributed by atoms with E-state index in [1.54, 1.807) is 40.8 Å². The first-order valence-corrected chi connectivity index (χ1v) is 10.5. The van der Waals surface area contributed by atoms with E-state index in [1.807, 2.05) is 46.4 Å². The van der Waals surface area contributed by atoms with Crippen LogP contribution in [0.5, 0.6) is 5.75 Å². The highest BCUT2D eigenvalue weighted by molar-refractivity contribution is 7.07. The molecule has 1 amide bonds. The first-order valence-electron chi connectivity index (χ1n) is 9.59. The van der Waals surface area contributed by atoms with E-state index in [2.05, 4.69) is 20.4 Å². The minimum Gasteiger partial charge on any atom is -0.487 e. The number of anilines is 1. The van der Waals surface area contributed by atoms with Crippen molar-refractivity contribution < 1.29 is 9.53 Å². The number of nitrogens with zero attached hydrogens (tertiary/aromatic N) is 5. The molecule has 0 radical (unpaired) electrons. The van der Waals surface area contributed by atoms with Gasteiger partial charge in [-0.2, -0.15) is 5.10 Å². The van der Waals surface area contributed by atoms with Gasteiger partial charge < -0.3 is 14.5 Å². The van der Waals surface area contributed by atoms with Crippen LogP contribution in [0.15, 0.2) is 78.1 Å². The van der Waals surface area contributed by atoms with Gasteiger partial charge in [-0.3, -0.25) is 9.48 Å². The fraction of sp³-hybridized carbons (Fsp3) is 0.0909. The van der Waals surface area contributed by atoms with Gasteiger partial charge in [-0.25, -0.2) is 9.97 Å². The van der Waals surface area contributed by atoms with Gasteiger partial charge in [0.25, 0.3) is 5.91 Å². The Morgan fingerprint density at radius 3 is 2.97 bits per heavy atom. The third kappa shape index (κ3) is 4.46. The Morgan fingerprint density at radius 2 is 2.10 bits per heavy atom. The summed E-state index contributed by atoms with van der Waals surface area (Å²) in [6, 6.07) is 12.9. The fourth-order valence-corrected chi connectivity index (χ4v) is 3.68. The number of rotatable bonds is 7. The quantitative estimate of drug-likeness (QED) is 0.424. The Bertz CT molecular complexity index is 1290. The summed E-state index contributed by atoms with van der Waals surface area (Å²) < 4.78 is 9.43. The summed E-state index contributed by atoms with van der Waals surface area (Å²) in [5.41, 5.74) is 5.51. The van der Waals surface area contributed by atoms with Crippen molar-refractivity contribution in [3.63, 3.8) is 0 Å². The van der Waals surface area contributed by atoms with Crippen LogP contribution in [0.1, 0.15) is 21.7 Å². The van der Waals surface area contributed by atoms with E-state index in [0.29, 0.717) is 30.2 Å². The lowest BCUT2D eigenvalue weighted by atomic mass is 10.2. The Labute approximate surface area is 181 Å². The largest absolute Gasteiger partial charge is 0.487 e. The molecule has 0 saturated carbocycles. The minimum absolute atomic E-state index is 0.230. The van der Waals surface area contributed by atoms with E-state index in [4.69, 9.17) is 4.74 Å². The molecule has 8 nitrogen and oxygen atoms in total. The maximum Gasteiger partial charge on any atom is 0.255 e. The molecule has 1 aromatic carbocycles. The van der Waals surface area contributed by atoms with Gasteiger partial charge in [0.1, 0.15) is 18.0 Å². The highest BCUT2D eigenvalue weighted by atomic mass is 32.1. The molecule has 0 fully saturated rings. The first kappa shape index (κ1) is 19.0. The summed E-state index contributed by atoms with van der Waals surface area (Å²) in [4.78, 5) is 21.4. The predicted octanol–water partition coefficient (Wildman–Crippen LogP) is 3.87. The van der Waals surface area contributed by atoms with Crippen LogP contribution in [0, 0.1) is 0 Å². The summed E-state index contributed by atoms with van der Waals surface area (Å²) in [6.07, 6.45) is 7.32. The molecule has 4 heterocycles. The lowest BCUT2D eigenvalue weighted by molar-refractivity contribution is 0.102. The molecular weight excluding hydrogens is 412 g/mol. The number of thiazole rings is 1. The summed E-state index contributed by atoms with van der Waals surface area (Å²) >= 11 is 1.52. The second-order valence-corrected chi connectivity index (χ2v) is 7.59. The van der Waals surface area contributed by atoms with Crippen molar-refractivity contribution in [3.8, 4) is 5.75 Å². The summed E-state index contributed by atoms with van der Waals surface area (Å²) in [5, 5.41) is 9.13. The van der Waals surface area contributed by atoms with Crippen molar-refractivity contribution in [3.05, 3.63) is 95.1 Å². The molecule has 31 heavy (non-hydrogen) atoms. The molecule has 0 unspecified atom stereocenters. The molecule has 5 aromatic rings. The number of carbonyl (C=O) groups is 1. The SMILES string of the molecule is O=C(Nc1cnn(Cc2cn3ccccc3n2)c1)c1cccc(OCc2cscn2)c1. The number of imidazole rings is 1. The van der Waals surface area contributed by atoms with Gasteiger partial charge in [0.15, 0.2) is 0 Å². The number of hydrogen-bond donors (Lipinski definition) is 1. The third-order valence-electron chi connectivity index (χ3n) is 4.60. The molecule has 9 heteroatoms. The van der Waals surface area contributed by atoms with Gasteiger partial charge >= 0.3 is 0 Å². The molecular formula is C22H18N6O2S. The second kappa shape index (κ2) is 8.41. The lowest BCUT2D eigenvalue weighted by Gasteiger charge is -2.07. The second-order valence-electron chi connectivity index (χ2n) is 6.88. The number of ether oxygens (including phenoxy) is 1. The number of amides is 1. The van der Waals surface area contributed by atoms with Crippen LogP contribution in [0.2, 0.25) is 0 Å². The molecule has 154 valence electrons. The standard InChI is InChI=1S/C22H18N6O2S/c29-22(16-4-3-5-20(8-16)30-13-19-14-31-15-23-19)26-17-9-24-28(11-17)12-18-10-27-7-2-1-6-21(27)25-18/h1-11,14-15H,12-13H2,(H,26,29). The number of pyridine rings is 1. The molecule has 0 aliphatic carbocycles. The van der Waals surface area contributed by atoms with Crippen LogP contribution in [-0.4, -0.2) is 30.1 Å². The van der Waals surface area contributed by atoms with E-state index < -0.39 is 0 Å². The minimum atomic E-state index is -0.230. The zero-order chi connectivity index (χ0) is 21.0. The van der Waals surface area contributed by atoms with Gasteiger partial charge in [0, 0.05) is 29.5 Å². The molecule has 0 aliphatic rings. The van der Waals surface area contributed by atoms with Crippen LogP contribution >= 0.6 is 11.3 Å². The van der Waals surface area contributed by atoms with Gasteiger partial charge in [0.05, 0.1) is 35.3 Å². The highest BCUT2D eigenvalue weighted by Crippen LogP contribution is 2.17. The van der Waals surface area contributed by atoms with Crippen molar-refractivity contribution in [2.75, 3.05) is 5.32 Å². The number of fused-ring (bicyclic) bond motifs is 1. The van der Waals surface area contributed by atoms with Crippen LogP contribution in [-0.2, 0) is 13.2 Å².